The number of hydrogen-bond acceptors (Lipinski definition) is 9. The number of fused-ring (bicyclic) bond motifs is 6. The summed E-state index contributed by atoms with van der Waals surface area (Å²) < 4.78 is 36.3. The van der Waals surface area contributed by atoms with Gasteiger partial charge in [0.1, 0.15) is 11.6 Å². The predicted molar refractivity (Wildman–Crippen MR) is 172 cm³/mol. The van der Waals surface area contributed by atoms with Crippen molar-refractivity contribution < 1.29 is 17.9 Å². The Labute approximate surface area is 264 Å². The molecule has 1 saturated heterocycles. The Balaban J connectivity index is 1.29. The molecule has 0 unspecified atom stereocenters. The molecule has 0 spiro atoms. The molecule has 1 aliphatic carbocycles. The number of H-pyrrole nitrogens is 1. The first kappa shape index (κ1) is 31.1. The zero-order valence-electron chi connectivity index (χ0n) is 26.0. The summed E-state index contributed by atoms with van der Waals surface area (Å²) >= 11 is 0. The molecule has 3 aliphatic rings. The van der Waals surface area contributed by atoms with Crippen LogP contribution in [0.25, 0.3) is 5.82 Å². The molecule has 4 bridgehead atoms. The molecule has 45 heavy (non-hydrogen) atoms. The number of nitrogens with zero attached hydrogens (tertiary/aromatic N) is 4. The molecule has 3 aromatic rings. The van der Waals surface area contributed by atoms with Crippen LogP contribution < -0.4 is 25.1 Å². The Morgan fingerprint density at radius 3 is 2.62 bits per heavy atom. The summed E-state index contributed by atoms with van der Waals surface area (Å²) in [7, 11) is -4.39. The van der Waals surface area contributed by atoms with Gasteiger partial charge >= 0.3 is 0 Å². The number of carbonyl (C=O) groups is 1. The van der Waals surface area contributed by atoms with Crippen LogP contribution >= 0.6 is 0 Å². The number of sulfonamides is 1. The van der Waals surface area contributed by atoms with E-state index in [0.29, 0.717) is 49.0 Å². The minimum absolute atomic E-state index is 0.120. The number of rotatable bonds is 5. The molecular weight excluding hydrogens is 594 g/mol. The topological polar surface area (TPSA) is 151 Å². The quantitative estimate of drug-likeness (QED) is 0.340. The molecule has 1 amide bonds. The number of carbonyl (C=O) groups excluding carboxylic acids is 1. The van der Waals surface area contributed by atoms with E-state index in [1.54, 1.807) is 23.0 Å². The molecule has 242 valence electrons. The lowest BCUT2D eigenvalue weighted by Gasteiger charge is -2.34. The Hall–Kier alpha value is -3.87. The van der Waals surface area contributed by atoms with Crippen molar-refractivity contribution in [3.05, 3.63) is 52.3 Å². The summed E-state index contributed by atoms with van der Waals surface area (Å²) in [6, 6.07) is 7.31. The van der Waals surface area contributed by atoms with Gasteiger partial charge in [0.05, 0.1) is 12.2 Å². The van der Waals surface area contributed by atoms with Gasteiger partial charge in [-0.25, -0.2) is 14.4 Å². The van der Waals surface area contributed by atoms with Crippen molar-refractivity contribution in [3.63, 3.8) is 0 Å². The Bertz CT molecular complexity index is 1690. The molecule has 1 saturated carbocycles. The lowest BCUT2D eigenvalue weighted by atomic mass is 9.93. The third kappa shape index (κ3) is 7.18. The first-order valence-corrected chi connectivity index (χ1v) is 17.6. The highest BCUT2D eigenvalue weighted by Crippen LogP contribution is 2.39. The van der Waals surface area contributed by atoms with Crippen molar-refractivity contribution >= 4 is 27.6 Å². The maximum Gasteiger partial charge on any atom is 0.279 e. The van der Waals surface area contributed by atoms with Crippen LogP contribution in [0.4, 0.5) is 11.6 Å². The fraction of sp³-hybridized carbons (Fsp3) is 0.562. The van der Waals surface area contributed by atoms with Gasteiger partial charge in [-0.3, -0.25) is 9.59 Å². The SMILES string of the molecule is CC1(C)C[C@@H]2CCCNc3cc(=O)cc([nH]3)S(=O)(=O)NC(=O)c3ccc(-n4ccc(OCCC5CCCCCC5)n4)nc3N1C2. The average Bonchev–Trinajstić information content (AvgIpc) is 3.48. The highest BCUT2D eigenvalue weighted by Gasteiger charge is 2.41. The van der Waals surface area contributed by atoms with Gasteiger partial charge in [-0.15, -0.1) is 5.10 Å². The molecule has 3 aromatic heterocycles. The van der Waals surface area contributed by atoms with Crippen LogP contribution in [-0.4, -0.2) is 59.3 Å². The third-order valence-electron chi connectivity index (χ3n) is 9.31. The van der Waals surface area contributed by atoms with E-state index in [0.717, 1.165) is 31.7 Å². The second kappa shape index (κ2) is 12.9. The van der Waals surface area contributed by atoms with Gasteiger partial charge in [0, 0.05) is 43.0 Å². The summed E-state index contributed by atoms with van der Waals surface area (Å²) in [4.78, 5) is 35.7. The number of aromatic amines is 1. The fourth-order valence-electron chi connectivity index (χ4n) is 7.00. The van der Waals surface area contributed by atoms with Crippen LogP contribution in [0.15, 0.2) is 46.3 Å². The summed E-state index contributed by atoms with van der Waals surface area (Å²) in [6.45, 7) is 6.07. The van der Waals surface area contributed by atoms with Crippen molar-refractivity contribution in [3.8, 4) is 11.7 Å². The van der Waals surface area contributed by atoms with Gasteiger partial charge in [-0.1, -0.05) is 38.5 Å². The van der Waals surface area contributed by atoms with Gasteiger partial charge in [0.25, 0.3) is 15.9 Å². The van der Waals surface area contributed by atoms with Gasteiger partial charge in [-0.05, 0) is 63.5 Å². The van der Waals surface area contributed by atoms with E-state index < -0.39 is 26.4 Å². The van der Waals surface area contributed by atoms with E-state index in [1.165, 1.54) is 44.6 Å². The lowest BCUT2D eigenvalue weighted by Crippen LogP contribution is -2.41. The standard InChI is InChI=1S/C32H43N7O5S/c1-32(2)20-23-10-7-15-33-26-18-24(40)19-29(34-26)45(42,43)37-31(41)25-11-12-27(35-30(25)38(32)21-23)39-16-13-28(36-39)44-17-14-22-8-5-3-4-6-9-22/h11-13,16,18-19,22-23H,3-10,14-15,17,20-21H2,1-2H3,(H,37,41)(H2,33,34,40)/t23-/m0/s1. The zero-order chi connectivity index (χ0) is 31.6. The third-order valence-corrected chi connectivity index (χ3v) is 10.6. The summed E-state index contributed by atoms with van der Waals surface area (Å²) in [6.07, 6.45) is 13.2. The molecule has 2 fully saturated rings. The number of nitrogens with one attached hydrogen (secondary N) is 3. The highest BCUT2D eigenvalue weighted by atomic mass is 32.2. The van der Waals surface area contributed by atoms with Crippen LogP contribution in [0, 0.1) is 11.8 Å². The summed E-state index contributed by atoms with van der Waals surface area (Å²) in [5, 5.41) is 7.33. The molecule has 0 radical (unpaired) electrons. The smallest absolute Gasteiger partial charge is 0.279 e. The first-order valence-electron chi connectivity index (χ1n) is 16.1. The first-order chi connectivity index (χ1) is 21.6. The largest absolute Gasteiger partial charge is 0.477 e. The highest BCUT2D eigenvalue weighted by molar-refractivity contribution is 7.90. The minimum atomic E-state index is -4.39. The molecule has 12 nitrogen and oxygen atoms in total. The van der Waals surface area contributed by atoms with Crippen LogP contribution in [0.5, 0.6) is 5.88 Å². The van der Waals surface area contributed by atoms with Crippen molar-refractivity contribution in [2.45, 2.75) is 88.6 Å². The zero-order valence-corrected chi connectivity index (χ0v) is 26.9. The summed E-state index contributed by atoms with van der Waals surface area (Å²) in [5.41, 5.74) is -0.700. The van der Waals surface area contributed by atoms with Gasteiger partial charge in [0.15, 0.2) is 16.3 Å². The predicted octanol–water partition coefficient (Wildman–Crippen LogP) is 4.62. The molecule has 2 aliphatic heterocycles. The normalized spacial score (nSPS) is 21.9. The second-order valence-corrected chi connectivity index (χ2v) is 14.9. The Kier molecular flexibility index (Phi) is 8.89. The molecular formula is C32H43N7O5S. The van der Waals surface area contributed by atoms with Gasteiger partial charge < -0.3 is 19.9 Å². The van der Waals surface area contributed by atoms with Gasteiger partial charge in [0.2, 0.25) is 5.88 Å². The van der Waals surface area contributed by atoms with Crippen molar-refractivity contribution in [2.24, 2.45) is 11.8 Å². The van der Waals surface area contributed by atoms with Crippen LogP contribution in [-0.2, 0) is 10.0 Å². The van der Waals surface area contributed by atoms with E-state index in [4.69, 9.17) is 9.72 Å². The van der Waals surface area contributed by atoms with E-state index in [-0.39, 0.29) is 16.9 Å². The average molecular weight is 638 g/mol. The number of amides is 1. The van der Waals surface area contributed by atoms with Crippen molar-refractivity contribution in [1.82, 2.24) is 24.5 Å². The van der Waals surface area contributed by atoms with E-state index in [9.17, 15) is 18.0 Å². The number of pyridine rings is 2. The maximum atomic E-state index is 13.6. The number of hydrogen-bond donors (Lipinski definition) is 3. The Morgan fingerprint density at radius 1 is 1.02 bits per heavy atom. The molecule has 0 aromatic carbocycles. The van der Waals surface area contributed by atoms with Crippen LogP contribution in [0.1, 0.15) is 88.4 Å². The van der Waals surface area contributed by atoms with Crippen molar-refractivity contribution in [1.29, 1.82) is 0 Å². The van der Waals surface area contributed by atoms with E-state index >= 15 is 0 Å². The van der Waals surface area contributed by atoms with Crippen LogP contribution in [0.2, 0.25) is 0 Å². The number of ether oxygens (including phenoxy) is 1. The fourth-order valence-corrected chi connectivity index (χ4v) is 7.98. The van der Waals surface area contributed by atoms with Crippen LogP contribution in [0.3, 0.4) is 0 Å². The molecule has 5 heterocycles. The molecule has 6 rings (SSSR count). The monoisotopic (exact) mass is 637 g/mol. The van der Waals surface area contributed by atoms with Gasteiger partial charge in [-0.2, -0.15) is 8.42 Å². The Morgan fingerprint density at radius 2 is 1.82 bits per heavy atom. The molecule has 3 N–H and O–H groups in total. The van der Waals surface area contributed by atoms with E-state index in [2.05, 4.69) is 38.9 Å². The second-order valence-electron chi connectivity index (χ2n) is 13.2. The van der Waals surface area contributed by atoms with E-state index in [1.807, 2.05) is 6.07 Å². The minimum Gasteiger partial charge on any atom is -0.477 e. The maximum absolute atomic E-state index is 13.6. The number of anilines is 2. The lowest BCUT2D eigenvalue weighted by molar-refractivity contribution is 0.0981. The summed E-state index contributed by atoms with van der Waals surface area (Å²) in [5.74, 6) is 1.87. The van der Waals surface area contributed by atoms with Crippen molar-refractivity contribution in [2.75, 3.05) is 29.9 Å². The molecule has 1 atom stereocenters. The number of aromatic nitrogens is 4. The molecule has 13 heteroatoms.